The van der Waals surface area contributed by atoms with Crippen molar-refractivity contribution in [1.29, 1.82) is 0 Å². The summed E-state index contributed by atoms with van der Waals surface area (Å²) in [5.74, 6) is 1.16. The third kappa shape index (κ3) is 7.11. The fourth-order valence-corrected chi connectivity index (χ4v) is 5.39. The molecule has 5 aromatic rings. The van der Waals surface area contributed by atoms with Gasteiger partial charge in [0, 0.05) is 53.1 Å². The lowest BCUT2D eigenvalue weighted by Crippen LogP contribution is -2.36. The summed E-state index contributed by atoms with van der Waals surface area (Å²) in [6.45, 7) is 7.10. The second kappa shape index (κ2) is 12.1. The molecule has 0 atom stereocenters. The lowest BCUT2D eigenvalue weighted by atomic mass is 9.96. The van der Waals surface area contributed by atoms with Crippen LogP contribution < -0.4 is 10.1 Å². The summed E-state index contributed by atoms with van der Waals surface area (Å²) in [6, 6.07) is 13.2. The minimum absolute atomic E-state index is 0.163. The molecule has 0 bridgehead atoms. The molecule has 41 heavy (non-hydrogen) atoms. The molecule has 212 valence electrons. The van der Waals surface area contributed by atoms with E-state index in [4.69, 9.17) is 16.3 Å². The van der Waals surface area contributed by atoms with Crippen molar-refractivity contribution < 1.29 is 14.6 Å². The number of carboxylic acid groups (broad SMARTS) is 1. The molecule has 0 unspecified atom stereocenters. The highest BCUT2D eigenvalue weighted by atomic mass is 35.5. The summed E-state index contributed by atoms with van der Waals surface area (Å²) in [7, 11) is 0. The van der Waals surface area contributed by atoms with Gasteiger partial charge in [-0.3, -0.25) is 15.1 Å². The summed E-state index contributed by atoms with van der Waals surface area (Å²) < 4.78 is 6.21. The van der Waals surface area contributed by atoms with E-state index >= 15 is 0 Å². The van der Waals surface area contributed by atoms with Crippen molar-refractivity contribution in [1.82, 2.24) is 30.0 Å². The second-order valence-corrected chi connectivity index (χ2v) is 12.2. The van der Waals surface area contributed by atoms with Gasteiger partial charge in [-0.2, -0.15) is 5.10 Å². The average molecular weight is 592 g/mol. The van der Waals surface area contributed by atoms with Crippen molar-refractivity contribution in [2.45, 2.75) is 33.7 Å². The molecule has 0 saturated carbocycles. The molecular formula is C29H30ClN7O3S. The maximum Gasteiger partial charge on any atom is 0.407 e. The summed E-state index contributed by atoms with van der Waals surface area (Å²) in [6.07, 6.45) is 4.82. The molecule has 0 aliphatic rings. The molecule has 1 aromatic carbocycles. The van der Waals surface area contributed by atoms with Crippen LogP contribution in [0.3, 0.4) is 0 Å². The van der Waals surface area contributed by atoms with Crippen LogP contribution in [0.4, 0.5) is 15.7 Å². The van der Waals surface area contributed by atoms with Crippen LogP contribution in [0.2, 0.25) is 5.02 Å². The Morgan fingerprint density at radius 3 is 2.71 bits per heavy atom. The summed E-state index contributed by atoms with van der Waals surface area (Å²) in [4.78, 5) is 27.3. The minimum Gasteiger partial charge on any atom is -0.491 e. The average Bonchev–Trinajstić information content (AvgIpc) is 3.55. The fraction of sp³-hybridized carbons (Fsp3) is 0.276. The molecule has 4 aromatic heterocycles. The summed E-state index contributed by atoms with van der Waals surface area (Å²) >= 11 is 7.87. The third-order valence-corrected chi connectivity index (χ3v) is 7.27. The van der Waals surface area contributed by atoms with E-state index in [1.165, 1.54) is 16.2 Å². The Morgan fingerprint density at radius 1 is 1.15 bits per heavy atom. The van der Waals surface area contributed by atoms with E-state index in [1.807, 2.05) is 51.1 Å². The normalized spacial score (nSPS) is 11.5. The quantitative estimate of drug-likeness (QED) is 0.158. The molecule has 0 fully saturated rings. The zero-order chi connectivity index (χ0) is 29.0. The molecule has 0 aliphatic heterocycles. The number of thiazole rings is 1. The second-order valence-electron chi connectivity index (χ2n) is 10.7. The molecule has 10 nitrogen and oxygen atoms in total. The van der Waals surface area contributed by atoms with Crippen LogP contribution in [0.5, 0.6) is 5.75 Å². The predicted molar refractivity (Wildman–Crippen MR) is 161 cm³/mol. The molecule has 0 aliphatic carbocycles. The number of nitrogens with zero attached hydrogens (tertiary/aromatic N) is 5. The smallest absolute Gasteiger partial charge is 0.407 e. The topological polar surface area (TPSA) is 129 Å². The zero-order valence-corrected chi connectivity index (χ0v) is 24.5. The van der Waals surface area contributed by atoms with Crippen LogP contribution in [0.1, 0.15) is 31.3 Å². The first kappa shape index (κ1) is 28.3. The number of carbonyl (C=O) groups is 1. The van der Waals surface area contributed by atoms with Crippen LogP contribution in [-0.4, -0.2) is 54.4 Å². The van der Waals surface area contributed by atoms with Gasteiger partial charge >= 0.3 is 6.09 Å². The summed E-state index contributed by atoms with van der Waals surface area (Å²) in [5.41, 5.74) is 2.89. The number of hydrogen-bond donors (Lipinski definition) is 3. The number of anilines is 2. The molecule has 0 saturated heterocycles. The van der Waals surface area contributed by atoms with Crippen molar-refractivity contribution >= 4 is 50.9 Å². The number of hydrogen-bond acceptors (Lipinski definition) is 8. The minimum atomic E-state index is -0.961. The molecule has 4 heterocycles. The predicted octanol–water partition coefficient (Wildman–Crippen LogP) is 7.02. The summed E-state index contributed by atoms with van der Waals surface area (Å²) in [5, 5.41) is 22.4. The lowest BCUT2D eigenvalue weighted by molar-refractivity contribution is 0.123. The number of H-pyrrole nitrogens is 1. The van der Waals surface area contributed by atoms with Crippen molar-refractivity contribution in [3.63, 3.8) is 0 Å². The van der Waals surface area contributed by atoms with Gasteiger partial charge in [0.2, 0.25) is 0 Å². The lowest BCUT2D eigenvalue weighted by Gasteiger charge is -2.27. The van der Waals surface area contributed by atoms with Gasteiger partial charge in [0.05, 0.1) is 23.9 Å². The standard InChI is InChI=1S/C29H30ClN7O3S/c1-29(2,3)17-37(28(38)39)16-20-15-33-27(41-20)34-26-21-13-18(24-22(30)8-6-11-32-24)14-23(25(21)35-36-26)40-12-9-19-7-4-5-10-31-19/h4-8,10-11,13-15H,9,12,16-17H2,1-3H3,(H,38,39)(H2,33,34,35,36). The Labute approximate surface area is 246 Å². The first-order valence-electron chi connectivity index (χ1n) is 13.0. The van der Waals surface area contributed by atoms with Gasteiger partial charge < -0.3 is 20.1 Å². The highest BCUT2D eigenvalue weighted by Gasteiger charge is 2.22. The van der Waals surface area contributed by atoms with E-state index in [0.717, 1.165) is 21.5 Å². The Bertz CT molecular complexity index is 1650. The number of aromatic nitrogens is 5. The van der Waals surface area contributed by atoms with Gasteiger partial charge in [0.1, 0.15) is 11.3 Å². The number of amides is 1. The van der Waals surface area contributed by atoms with Gasteiger partial charge in [-0.1, -0.05) is 49.8 Å². The fourth-order valence-electron chi connectivity index (χ4n) is 4.34. The maximum absolute atomic E-state index is 11.8. The van der Waals surface area contributed by atoms with Crippen LogP contribution >= 0.6 is 22.9 Å². The number of pyridine rings is 2. The molecular weight excluding hydrogens is 562 g/mol. The van der Waals surface area contributed by atoms with Crippen LogP contribution in [0.25, 0.3) is 22.2 Å². The van der Waals surface area contributed by atoms with Crippen LogP contribution in [0.15, 0.2) is 61.1 Å². The zero-order valence-electron chi connectivity index (χ0n) is 22.9. The van der Waals surface area contributed by atoms with Crippen molar-refractivity contribution in [3.8, 4) is 17.0 Å². The van der Waals surface area contributed by atoms with E-state index in [2.05, 4.69) is 30.5 Å². The number of benzene rings is 1. The van der Waals surface area contributed by atoms with Crippen molar-refractivity contribution in [2.24, 2.45) is 5.41 Å². The van der Waals surface area contributed by atoms with E-state index < -0.39 is 6.09 Å². The molecule has 12 heteroatoms. The Hall–Kier alpha value is -4.22. The number of ether oxygens (including phenoxy) is 1. The number of halogens is 1. The SMILES string of the molecule is CC(C)(C)CN(Cc1cnc(Nc2n[nH]c3c(OCCc4ccccn4)cc(-c4ncccc4Cl)cc23)s1)C(=O)O. The first-order valence-corrected chi connectivity index (χ1v) is 14.2. The Kier molecular flexibility index (Phi) is 8.36. The van der Waals surface area contributed by atoms with Crippen molar-refractivity contribution in [2.75, 3.05) is 18.5 Å². The largest absolute Gasteiger partial charge is 0.491 e. The Morgan fingerprint density at radius 2 is 1.98 bits per heavy atom. The van der Waals surface area contributed by atoms with Gasteiger partial charge in [-0.25, -0.2) is 9.78 Å². The maximum atomic E-state index is 11.8. The highest BCUT2D eigenvalue weighted by molar-refractivity contribution is 7.15. The van der Waals surface area contributed by atoms with Gasteiger partial charge in [-0.05, 0) is 41.8 Å². The number of nitrogens with one attached hydrogen (secondary N) is 2. The monoisotopic (exact) mass is 591 g/mol. The number of fused-ring (bicyclic) bond motifs is 1. The van der Waals surface area contributed by atoms with Gasteiger partial charge in [0.15, 0.2) is 10.9 Å². The van der Waals surface area contributed by atoms with Crippen LogP contribution in [-0.2, 0) is 13.0 Å². The van der Waals surface area contributed by atoms with E-state index in [9.17, 15) is 9.90 Å². The highest BCUT2D eigenvalue weighted by Crippen LogP contribution is 2.37. The van der Waals surface area contributed by atoms with Crippen LogP contribution in [0, 0.1) is 5.41 Å². The number of aromatic amines is 1. The van der Waals surface area contributed by atoms with Gasteiger partial charge in [-0.15, -0.1) is 0 Å². The van der Waals surface area contributed by atoms with Crippen molar-refractivity contribution in [3.05, 3.63) is 76.6 Å². The third-order valence-electron chi connectivity index (χ3n) is 6.07. The van der Waals surface area contributed by atoms with E-state index in [-0.39, 0.29) is 12.0 Å². The Balaban J connectivity index is 1.42. The molecule has 0 spiro atoms. The molecule has 1 amide bonds. The molecule has 5 rings (SSSR count). The number of rotatable bonds is 10. The molecule has 0 radical (unpaired) electrons. The van der Waals surface area contributed by atoms with Gasteiger partial charge in [0.25, 0.3) is 0 Å². The van der Waals surface area contributed by atoms with E-state index in [1.54, 1.807) is 30.7 Å². The van der Waals surface area contributed by atoms with E-state index in [0.29, 0.717) is 52.5 Å². The first-order chi connectivity index (χ1) is 19.7. The molecule has 3 N–H and O–H groups in total.